The zero-order valence-corrected chi connectivity index (χ0v) is 22.2. The van der Waals surface area contributed by atoms with Crippen molar-refractivity contribution in [3.05, 3.63) is 108 Å². The molecule has 3 aromatic carbocycles. The summed E-state index contributed by atoms with van der Waals surface area (Å²) in [6, 6.07) is 30.3. The van der Waals surface area contributed by atoms with Gasteiger partial charge in [-0.2, -0.15) is 5.10 Å². The molecule has 1 fully saturated rings. The van der Waals surface area contributed by atoms with Gasteiger partial charge in [-0.25, -0.2) is 9.50 Å². The molecule has 2 aromatic heterocycles. The Bertz CT molecular complexity index is 1590. The van der Waals surface area contributed by atoms with Gasteiger partial charge in [0.1, 0.15) is 11.4 Å². The van der Waals surface area contributed by atoms with Crippen LogP contribution in [-0.2, 0) is 6.54 Å². The SMILES string of the molecule is COc1ccc(-c2cc(C(=O)N3CCN(Cc4ccccc4)CC3)nc3c(-c4ccccc4)c(C)nn23)cc1. The fourth-order valence-corrected chi connectivity index (χ4v) is 5.26. The quantitative estimate of drug-likeness (QED) is 0.304. The molecule has 0 spiro atoms. The molecule has 1 amide bonds. The van der Waals surface area contributed by atoms with E-state index in [2.05, 4.69) is 41.3 Å². The van der Waals surface area contributed by atoms with Crippen molar-refractivity contribution < 1.29 is 9.53 Å². The molecule has 196 valence electrons. The third-order valence-electron chi connectivity index (χ3n) is 7.34. The number of amides is 1. The van der Waals surface area contributed by atoms with Gasteiger partial charge in [0.05, 0.1) is 18.5 Å². The Labute approximate surface area is 228 Å². The van der Waals surface area contributed by atoms with E-state index in [0.717, 1.165) is 53.5 Å². The second-order valence-corrected chi connectivity index (χ2v) is 9.87. The van der Waals surface area contributed by atoms with Crippen molar-refractivity contribution in [1.82, 2.24) is 24.4 Å². The zero-order chi connectivity index (χ0) is 26.8. The number of piperazine rings is 1. The van der Waals surface area contributed by atoms with Crippen LogP contribution in [-0.4, -0.2) is 63.6 Å². The number of nitrogens with zero attached hydrogens (tertiary/aromatic N) is 5. The Morgan fingerprint density at radius 3 is 2.18 bits per heavy atom. The largest absolute Gasteiger partial charge is 0.497 e. The summed E-state index contributed by atoms with van der Waals surface area (Å²) in [7, 11) is 1.65. The number of carbonyl (C=O) groups is 1. The van der Waals surface area contributed by atoms with E-state index in [1.54, 1.807) is 7.11 Å². The van der Waals surface area contributed by atoms with Crippen LogP contribution in [0.3, 0.4) is 0 Å². The summed E-state index contributed by atoms with van der Waals surface area (Å²) in [5.74, 6) is 0.722. The average Bonchev–Trinajstić information content (AvgIpc) is 3.33. The molecule has 7 heteroatoms. The molecule has 3 heterocycles. The second kappa shape index (κ2) is 10.7. The molecule has 5 aromatic rings. The van der Waals surface area contributed by atoms with Gasteiger partial charge in [-0.05, 0) is 48.4 Å². The Balaban J connectivity index is 1.35. The summed E-state index contributed by atoms with van der Waals surface area (Å²) in [6.45, 7) is 5.87. The highest BCUT2D eigenvalue weighted by Gasteiger charge is 2.26. The number of carbonyl (C=O) groups excluding carboxylic acids is 1. The monoisotopic (exact) mass is 517 g/mol. The number of benzene rings is 3. The summed E-state index contributed by atoms with van der Waals surface area (Å²) in [5.41, 5.74) is 6.98. The lowest BCUT2D eigenvalue weighted by atomic mass is 10.1. The van der Waals surface area contributed by atoms with Crippen LogP contribution in [0.15, 0.2) is 91.0 Å². The van der Waals surface area contributed by atoms with Gasteiger partial charge in [0.15, 0.2) is 5.65 Å². The third-order valence-corrected chi connectivity index (χ3v) is 7.34. The molecule has 0 aliphatic carbocycles. The number of hydrogen-bond donors (Lipinski definition) is 0. The smallest absolute Gasteiger partial charge is 0.272 e. The highest BCUT2D eigenvalue weighted by atomic mass is 16.5. The molecule has 39 heavy (non-hydrogen) atoms. The molecule has 7 nitrogen and oxygen atoms in total. The minimum Gasteiger partial charge on any atom is -0.497 e. The van der Waals surface area contributed by atoms with Gasteiger partial charge in [-0.3, -0.25) is 9.69 Å². The minimum atomic E-state index is -0.0514. The van der Waals surface area contributed by atoms with Crippen LogP contribution in [0.25, 0.3) is 28.0 Å². The van der Waals surface area contributed by atoms with E-state index in [4.69, 9.17) is 14.8 Å². The average molecular weight is 518 g/mol. The Morgan fingerprint density at radius 1 is 0.846 bits per heavy atom. The highest BCUT2D eigenvalue weighted by Crippen LogP contribution is 2.31. The van der Waals surface area contributed by atoms with E-state index < -0.39 is 0 Å². The van der Waals surface area contributed by atoms with Gasteiger partial charge in [0.2, 0.25) is 0 Å². The molecule has 1 saturated heterocycles. The van der Waals surface area contributed by atoms with Crippen LogP contribution < -0.4 is 4.74 Å². The number of methoxy groups -OCH3 is 1. The third kappa shape index (κ3) is 5.01. The lowest BCUT2D eigenvalue weighted by Gasteiger charge is -2.34. The van der Waals surface area contributed by atoms with E-state index in [-0.39, 0.29) is 5.91 Å². The van der Waals surface area contributed by atoms with Gasteiger partial charge >= 0.3 is 0 Å². The summed E-state index contributed by atoms with van der Waals surface area (Å²) in [5, 5.41) is 4.86. The summed E-state index contributed by atoms with van der Waals surface area (Å²) >= 11 is 0. The Morgan fingerprint density at radius 2 is 1.51 bits per heavy atom. The molecule has 1 aliphatic rings. The summed E-state index contributed by atoms with van der Waals surface area (Å²) in [6.07, 6.45) is 0. The number of ether oxygens (including phenoxy) is 1. The summed E-state index contributed by atoms with van der Waals surface area (Å²) < 4.78 is 7.22. The van der Waals surface area contributed by atoms with Gasteiger partial charge in [-0.15, -0.1) is 0 Å². The predicted molar refractivity (Wildman–Crippen MR) is 153 cm³/mol. The maximum atomic E-state index is 13.8. The minimum absolute atomic E-state index is 0.0514. The first-order valence-corrected chi connectivity index (χ1v) is 13.3. The van der Waals surface area contributed by atoms with Gasteiger partial charge in [0, 0.05) is 43.9 Å². The van der Waals surface area contributed by atoms with Crippen LogP contribution in [0.4, 0.5) is 0 Å². The van der Waals surface area contributed by atoms with Crippen LogP contribution >= 0.6 is 0 Å². The molecule has 0 bridgehead atoms. The molecule has 0 radical (unpaired) electrons. The maximum Gasteiger partial charge on any atom is 0.272 e. The molecule has 0 atom stereocenters. The van der Waals surface area contributed by atoms with Crippen molar-refractivity contribution >= 4 is 11.6 Å². The zero-order valence-electron chi connectivity index (χ0n) is 22.2. The standard InChI is InChI=1S/C32H31N5O2/c1-23-30(26-11-7-4-8-12-26)31-33-28(21-29(37(31)34-23)25-13-15-27(39-2)16-14-25)32(38)36-19-17-35(18-20-36)22-24-9-5-3-6-10-24/h3-16,21H,17-20,22H2,1-2H3. The van der Waals surface area contributed by atoms with Gasteiger partial charge < -0.3 is 9.64 Å². The van der Waals surface area contributed by atoms with Gasteiger partial charge in [-0.1, -0.05) is 60.7 Å². The van der Waals surface area contributed by atoms with Crippen molar-refractivity contribution in [2.45, 2.75) is 13.5 Å². The fraction of sp³-hybridized carbons (Fsp3) is 0.219. The van der Waals surface area contributed by atoms with E-state index in [0.29, 0.717) is 24.4 Å². The van der Waals surface area contributed by atoms with E-state index in [1.807, 2.05) is 70.9 Å². The highest BCUT2D eigenvalue weighted by molar-refractivity contribution is 5.95. The lowest BCUT2D eigenvalue weighted by molar-refractivity contribution is 0.0623. The number of aryl methyl sites for hydroxylation is 1. The van der Waals surface area contributed by atoms with E-state index in [1.165, 1.54) is 5.56 Å². The number of fused-ring (bicyclic) bond motifs is 1. The molecule has 6 rings (SSSR count). The van der Waals surface area contributed by atoms with Gasteiger partial charge in [0.25, 0.3) is 5.91 Å². The van der Waals surface area contributed by atoms with Crippen LogP contribution in [0.5, 0.6) is 5.75 Å². The topological polar surface area (TPSA) is 63.0 Å². The Hall–Kier alpha value is -4.49. The Kier molecular flexibility index (Phi) is 6.82. The molecular formula is C32H31N5O2. The normalized spacial score (nSPS) is 14.1. The molecule has 0 unspecified atom stereocenters. The first-order valence-electron chi connectivity index (χ1n) is 13.3. The number of rotatable bonds is 6. The lowest BCUT2D eigenvalue weighted by Crippen LogP contribution is -2.48. The van der Waals surface area contributed by atoms with Crippen molar-refractivity contribution in [3.63, 3.8) is 0 Å². The molecule has 0 N–H and O–H groups in total. The number of hydrogen-bond acceptors (Lipinski definition) is 5. The van der Waals surface area contributed by atoms with Crippen LogP contribution in [0.1, 0.15) is 21.7 Å². The number of aromatic nitrogens is 3. The first kappa shape index (κ1) is 24.8. The van der Waals surface area contributed by atoms with Crippen LogP contribution in [0, 0.1) is 6.92 Å². The fourth-order valence-electron chi connectivity index (χ4n) is 5.26. The van der Waals surface area contributed by atoms with E-state index >= 15 is 0 Å². The molecule has 1 aliphatic heterocycles. The van der Waals surface area contributed by atoms with E-state index in [9.17, 15) is 4.79 Å². The first-order chi connectivity index (χ1) is 19.1. The molecule has 0 saturated carbocycles. The van der Waals surface area contributed by atoms with Crippen molar-refractivity contribution in [3.8, 4) is 28.1 Å². The van der Waals surface area contributed by atoms with Crippen LogP contribution in [0.2, 0.25) is 0 Å². The van der Waals surface area contributed by atoms with Crippen molar-refractivity contribution in [2.24, 2.45) is 0 Å². The van der Waals surface area contributed by atoms with Crippen molar-refractivity contribution in [2.75, 3.05) is 33.3 Å². The molecular weight excluding hydrogens is 486 g/mol. The maximum absolute atomic E-state index is 13.8. The van der Waals surface area contributed by atoms with Crippen molar-refractivity contribution in [1.29, 1.82) is 0 Å². The predicted octanol–water partition coefficient (Wildman–Crippen LogP) is 5.34. The summed E-state index contributed by atoms with van der Waals surface area (Å²) in [4.78, 5) is 23.1. The second-order valence-electron chi connectivity index (χ2n) is 9.87.